The van der Waals surface area contributed by atoms with Crippen LogP contribution in [0.5, 0.6) is 0 Å². The van der Waals surface area contributed by atoms with Crippen LogP contribution in [0, 0.1) is 0 Å². The Hall–Kier alpha value is -0.120. The highest BCUT2D eigenvalue weighted by atomic mass is 16.5. The fourth-order valence-corrected chi connectivity index (χ4v) is 2.39. The molecule has 2 atom stereocenters. The summed E-state index contributed by atoms with van der Waals surface area (Å²) in [6.45, 7) is 9.58. The van der Waals surface area contributed by atoms with Gasteiger partial charge in [-0.15, -0.1) is 0 Å². The van der Waals surface area contributed by atoms with Crippen LogP contribution in [-0.2, 0) is 4.74 Å². The van der Waals surface area contributed by atoms with Crippen LogP contribution in [0.4, 0.5) is 0 Å². The number of aliphatic hydroxyl groups is 1. The van der Waals surface area contributed by atoms with Crippen molar-refractivity contribution >= 4 is 0 Å². The van der Waals surface area contributed by atoms with Gasteiger partial charge in [0.1, 0.15) is 5.60 Å². The Kier molecular flexibility index (Phi) is 2.26. The second-order valence-corrected chi connectivity index (χ2v) is 5.26. The molecule has 1 fully saturated rings. The molecule has 0 amide bonds. The van der Waals surface area contributed by atoms with Crippen LogP contribution in [0.25, 0.3) is 0 Å². The monoisotopic (exact) mass is 187 g/mol. The Morgan fingerprint density at radius 3 is 1.92 bits per heavy atom. The van der Waals surface area contributed by atoms with Crippen LogP contribution in [0.15, 0.2) is 0 Å². The maximum atomic E-state index is 10.4. The number of hydrogen-bond acceptors (Lipinski definition) is 3. The first kappa shape index (κ1) is 11.0. The zero-order valence-electron chi connectivity index (χ0n) is 9.22. The number of hydrogen-bond donors (Lipinski definition) is 2. The molecule has 78 valence electrons. The van der Waals surface area contributed by atoms with Crippen molar-refractivity contribution < 1.29 is 9.84 Å². The van der Waals surface area contributed by atoms with E-state index < -0.39 is 11.2 Å². The summed E-state index contributed by atoms with van der Waals surface area (Å²) in [5.74, 6) is 0. The molecule has 1 heterocycles. The second-order valence-electron chi connectivity index (χ2n) is 5.26. The highest BCUT2D eigenvalue weighted by molar-refractivity contribution is 5.09. The largest absolute Gasteiger partial charge is 0.385 e. The Bertz CT molecular complexity index is 211. The molecule has 3 N–H and O–H groups in total. The molecule has 1 aliphatic rings. The van der Waals surface area contributed by atoms with E-state index in [0.29, 0.717) is 6.42 Å². The van der Waals surface area contributed by atoms with Crippen LogP contribution < -0.4 is 5.73 Å². The van der Waals surface area contributed by atoms with E-state index in [1.165, 1.54) is 0 Å². The van der Waals surface area contributed by atoms with Gasteiger partial charge in [0, 0.05) is 12.5 Å². The molecular weight excluding hydrogens is 166 g/mol. The van der Waals surface area contributed by atoms with E-state index in [-0.39, 0.29) is 11.6 Å². The van der Waals surface area contributed by atoms with E-state index in [1.807, 2.05) is 34.6 Å². The molecule has 2 unspecified atom stereocenters. The van der Waals surface area contributed by atoms with E-state index >= 15 is 0 Å². The van der Waals surface area contributed by atoms with Gasteiger partial charge >= 0.3 is 0 Å². The SMILES string of the molecule is CC(N)C1(O)CC(C)(C)OC1(C)C. The average Bonchev–Trinajstić information content (AvgIpc) is 1.97. The Labute approximate surface area is 80.3 Å². The minimum atomic E-state index is -0.920. The van der Waals surface area contributed by atoms with Gasteiger partial charge in [-0.1, -0.05) is 0 Å². The van der Waals surface area contributed by atoms with Gasteiger partial charge in [0.25, 0.3) is 0 Å². The first-order valence-corrected chi connectivity index (χ1v) is 4.79. The van der Waals surface area contributed by atoms with Crippen molar-refractivity contribution in [1.82, 2.24) is 0 Å². The minimum absolute atomic E-state index is 0.274. The zero-order valence-corrected chi connectivity index (χ0v) is 9.22. The lowest BCUT2D eigenvalue weighted by molar-refractivity contribution is -0.132. The van der Waals surface area contributed by atoms with Gasteiger partial charge in [-0.3, -0.25) is 0 Å². The zero-order chi connectivity index (χ0) is 10.5. The third-order valence-corrected chi connectivity index (χ3v) is 3.02. The molecule has 0 bridgehead atoms. The van der Waals surface area contributed by atoms with Gasteiger partial charge in [0.05, 0.1) is 11.2 Å². The lowest BCUT2D eigenvalue weighted by Gasteiger charge is -2.37. The second kappa shape index (κ2) is 2.69. The lowest BCUT2D eigenvalue weighted by atomic mass is 9.78. The summed E-state index contributed by atoms with van der Waals surface area (Å²) in [6.07, 6.45) is 0.588. The molecule has 13 heavy (non-hydrogen) atoms. The molecule has 3 nitrogen and oxygen atoms in total. The molecule has 0 saturated carbocycles. The topological polar surface area (TPSA) is 55.5 Å². The fraction of sp³-hybridized carbons (Fsp3) is 1.00. The van der Waals surface area contributed by atoms with E-state index in [9.17, 15) is 5.11 Å². The van der Waals surface area contributed by atoms with E-state index in [1.54, 1.807) is 0 Å². The Morgan fingerprint density at radius 1 is 1.31 bits per heavy atom. The van der Waals surface area contributed by atoms with E-state index in [2.05, 4.69) is 0 Å². The van der Waals surface area contributed by atoms with Crippen LogP contribution in [-0.4, -0.2) is 28.0 Å². The summed E-state index contributed by atoms with van der Waals surface area (Å²) in [4.78, 5) is 0. The predicted molar refractivity (Wildman–Crippen MR) is 52.5 cm³/mol. The normalized spacial score (nSPS) is 39.0. The van der Waals surface area contributed by atoms with Crippen LogP contribution in [0.1, 0.15) is 41.0 Å². The molecule has 0 aromatic carbocycles. The standard InChI is InChI=1S/C10H21NO2/c1-7(11)10(12)6-8(2,3)13-9(10,4)5/h7,12H,6,11H2,1-5H3. The number of ether oxygens (including phenoxy) is 1. The van der Waals surface area contributed by atoms with Gasteiger partial charge in [-0.2, -0.15) is 0 Å². The average molecular weight is 187 g/mol. The highest BCUT2D eigenvalue weighted by Gasteiger charge is 2.58. The molecule has 1 aliphatic heterocycles. The minimum Gasteiger partial charge on any atom is -0.385 e. The smallest absolute Gasteiger partial charge is 0.110 e. The molecule has 3 heteroatoms. The molecule has 1 saturated heterocycles. The van der Waals surface area contributed by atoms with Crippen molar-refractivity contribution in [2.45, 2.75) is 63.9 Å². The molecule has 0 aromatic heterocycles. The van der Waals surface area contributed by atoms with Crippen molar-refractivity contribution in [2.75, 3.05) is 0 Å². The third-order valence-electron chi connectivity index (χ3n) is 3.02. The maximum absolute atomic E-state index is 10.4. The fourth-order valence-electron chi connectivity index (χ4n) is 2.39. The van der Waals surface area contributed by atoms with Gasteiger partial charge in [0.15, 0.2) is 0 Å². The number of nitrogens with two attached hydrogens (primary N) is 1. The molecule has 0 spiro atoms. The van der Waals surface area contributed by atoms with Crippen LogP contribution >= 0.6 is 0 Å². The maximum Gasteiger partial charge on any atom is 0.110 e. The highest BCUT2D eigenvalue weighted by Crippen LogP contribution is 2.46. The molecule has 0 radical (unpaired) electrons. The van der Waals surface area contributed by atoms with Gasteiger partial charge in [-0.05, 0) is 34.6 Å². The van der Waals surface area contributed by atoms with Crippen molar-refractivity contribution in [3.8, 4) is 0 Å². The summed E-state index contributed by atoms with van der Waals surface area (Å²) in [7, 11) is 0. The summed E-state index contributed by atoms with van der Waals surface area (Å²) in [5, 5.41) is 10.4. The lowest BCUT2D eigenvalue weighted by Crippen LogP contribution is -2.57. The molecular formula is C10H21NO2. The van der Waals surface area contributed by atoms with Gasteiger partial charge in [0.2, 0.25) is 0 Å². The van der Waals surface area contributed by atoms with E-state index in [4.69, 9.17) is 10.5 Å². The predicted octanol–water partition coefficient (Wildman–Crippen LogP) is 1.04. The summed E-state index contributed by atoms with van der Waals surface area (Å²) in [5.41, 5.74) is 4.03. The van der Waals surface area contributed by atoms with E-state index in [0.717, 1.165) is 0 Å². The van der Waals surface area contributed by atoms with Crippen molar-refractivity contribution in [2.24, 2.45) is 5.73 Å². The quantitative estimate of drug-likeness (QED) is 0.645. The first-order chi connectivity index (χ1) is 5.61. The molecule has 0 aromatic rings. The summed E-state index contributed by atoms with van der Waals surface area (Å²) in [6, 6.07) is -0.274. The Balaban J connectivity index is 3.00. The molecule has 0 aliphatic carbocycles. The number of rotatable bonds is 1. The third kappa shape index (κ3) is 1.60. The molecule has 1 rings (SSSR count). The summed E-state index contributed by atoms with van der Waals surface area (Å²) >= 11 is 0. The van der Waals surface area contributed by atoms with Crippen molar-refractivity contribution in [1.29, 1.82) is 0 Å². The van der Waals surface area contributed by atoms with Crippen LogP contribution in [0.3, 0.4) is 0 Å². The van der Waals surface area contributed by atoms with Gasteiger partial charge in [-0.25, -0.2) is 0 Å². The van der Waals surface area contributed by atoms with Crippen LogP contribution in [0.2, 0.25) is 0 Å². The Morgan fingerprint density at radius 2 is 1.77 bits per heavy atom. The summed E-state index contributed by atoms with van der Waals surface area (Å²) < 4.78 is 5.78. The first-order valence-electron chi connectivity index (χ1n) is 4.79. The van der Waals surface area contributed by atoms with Crippen molar-refractivity contribution in [3.05, 3.63) is 0 Å². The van der Waals surface area contributed by atoms with Crippen molar-refractivity contribution in [3.63, 3.8) is 0 Å². The van der Waals surface area contributed by atoms with Gasteiger partial charge < -0.3 is 15.6 Å².